The SMILES string of the molecule is CCCN1CCN(CCC23CC4CC(CC(C4)C2)C3)CC1(C)C. The van der Waals surface area contributed by atoms with E-state index in [0.29, 0.717) is 5.54 Å². The summed E-state index contributed by atoms with van der Waals surface area (Å²) in [5.74, 6) is 3.33. The molecule has 0 atom stereocenters. The maximum atomic E-state index is 2.80. The van der Waals surface area contributed by atoms with Crippen molar-refractivity contribution in [1.82, 2.24) is 9.80 Å². The van der Waals surface area contributed by atoms with Gasteiger partial charge in [-0.25, -0.2) is 0 Å². The summed E-state index contributed by atoms with van der Waals surface area (Å²) in [7, 11) is 0. The number of hydrogen-bond donors (Lipinski definition) is 0. The van der Waals surface area contributed by atoms with Crippen molar-refractivity contribution in [3.05, 3.63) is 0 Å². The van der Waals surface area contributed by atoms with Gasteiger partial charge in [0, 0.05) is 25.2 Å². The van der Waals surface area contributed by atoms with Crippen molar-refractivity contribution in [3.63, 3.8) is 0 Å². The lowest BCUT2D eigenvalue weighted by molar-refractivity contribution is -0.0660. The summed E-state index contributed by atoms with van der Waals surface area (Å²) in [5.41, 5.74) is 1.13. The van der Waals surface area contributed by atoms with Crippen LogP contribution in [-0.2, 0) is 0 Å². The Kier molecular flexibility index (Phi) is 4.29. The summed E-state index contributed by atoms with van der Waals surface area (Å²) in [6.07, 6.45) is 12.3. The first-order chi connectivity index (χ1) is 11.0. The summed E-state index contributed by atoms with van der Waals surface area (Å²) in [5, 5.41) is 0. The fourth-order valence-corrected chi connectivity index (χ4v) is 7.16. The van der Waals surface area contributed by atoms with E-state index in [1.807, 2.05) is 0 Å². The molecule has 2 nitrogen and oxygen atoms in total. The molecule has 5 rings (SSSR count). The second-order valence-corrected chi connectivity index (χ2v) is 10.2. The van der Waals surface area contributed by atoms with Crippen LogP contribution in [0, 0.1) is 23.2 Å². The highest BCUT2D eigenvalue weighted by atomic mass is 15.3. The molecule has 4 saturated carbocycles. The highest BCUT2D eigenvalue weighted by Gasteiger charge is 2.50. The Hall–Kier alpha value is -0.0800. The van der Waals surface area contributed by atoms with Crippen LogP contribution in [-0.4, -0.2) is 48.1 Å². The summed E-state index contributed by atoms with van der Waals surface area (Å²) in [6.45, 7) is 13.7. The van der Waals surface area contributed by atoms with Crippen LogP contribution in [0.25, 0.3) is 0 Å². The van der Waals surface area contributed by atoms with E-state index in [-0.39, 0.29) is 0 Å². The quantitative estimate of drug-likeness (QED) is 0.741. The molecule has 1 aliphatic heterocycles. The minimum atomic E-state index is 0.371. The van der Waals surface area contributed by atoms with Crippen LogP contribution in [0.4, 0.5) is 0 Å². The number of nitrogens with zero attached hydrogens (tertiary/aromatic N) is 2. The Labute approximate surface area is 144 Å². The fraction of sp³-hybridized carbons (Fsp3) is 1.00. The molecule has 5 aliphatic rings. The van der Waals surface area contributed by atoms with E-state index in [1.165, 1.54) is 45.6 Å². The van der Waals surface area contributed by atoms with Gasteiger partial charge in [-0.1, -0.05) is 6.92 Å². The molecular formula is C21H38N2. The fourth-order valence-electron chi connectivity index (χ4n) is 7.16. The molecule has 0 radical (unpaired) electrons. The van der Waals surface area contributed by atoms with Crippen molar-refractivity contribution < 1.29 is 0 Å². The van der Waals surface area contributed by atoms with Crippen LogP contribution in [0.2, 0.25) is 0 Å². The van der Waals surface area contributed by atoms with E-state index in [1.54, 1.807) is 38.5 Å². The van der Waals surface area contributed by atoms with Crippen molar-refractivity contribution in [2.45, 2.75) is 77.7 Å². The zero-order chi connectivity index (χ0) is 16.1. The average Bonchev–Trinajstić information content (AvgIpc) is 2.46. The van der Waals surface area contributed by atoms with Gasteiger partial charge in [-0.2, -0.15) is 0 Å². The summed E-state index contributed by atoms with van der Waals surface area (Å²) < 4.78 is 0. The normalized spacial score (nSPS) is 43.2. The van der Waals surface area contributed by atoms with E-state index in [4.69, 9.17) is 0 Å². The molecule has 0 amide bonds. The van der Waals surface area contributed by atoms with Gasteiger partial charge in [-0.15, -0.1) is 0 Å². The van der Waals surface area contributed by atoms with E-state index in [2.05, 4.69) is 30.6 Å². The topological polar surface area (TPSA) is 6.48 Å². The Balaban J connectivity index is 1.33. The zero-order valence-corrected chi connectivity index (χ0v) is 15.8. The first-order valence-electron chi connectivity index (χ1n) is 10.5. The van der Waals surface area contributed by atoms with Crippen LogP contribution in [0.5, 0.6) is 0 Å². The predicted molar refractivity (Wildman–Crippen MR) is 97.6 cm³/mol. The van der Waals surface area contributed by atoms with Gasteiger partial charge in [0.1, 0.15) is 0 Å². The third kappa shape index (κ3) is 3.23. The second kappa shape index (κ2) is 6.02. The van der Waals surface area contributed by atoms with Crippen molar-refractivity contribution in [2.75, 3.05) is 32.7 Å². The predicted octanol–water partition coefficient (Wildman–Crippen LogP) is 4.40. The number of piperazine rings is 1. The van der Waals surface area contributed by atoms with E-state index in [9.17, 15) is 0 Å². The number of rotatable bonds is 5. The van der Waals surface area contributed by atoms with Gasteiger partial charge in [0.25, 0.3) is 0 Å². The average molecular weight is 319 g/mol. The van der Waals surface area contributed by atoms with Crippen LogP contribution in [0.3, 0.4) is 0 Å². The Bertz CT molecular complexity index is 392. The Morgan fingerprint density at radius 2 is 1.48 bits per heavy atom. The third-order valence-electron chi connectivity index (χ3n) is 7.77. The van der Waals surface area contributed by atoms with Gasteiger partial charge < -0.3 is 4.90 Å². The molecule has 23 heavy (non-hydrogen) atoms. The Morgan fingerprint density at radius 1 is 0.870 bits per heavy atom. The molecule has 1 saturated heterocycles. The smallest absolute Gasteiger partial charge is 0.0280 e. The lowest BCUT2D eigenvalue weighted by Gasteiger charge is -2.57. The van der Waals surface area contributed by atoms with Crippen LogP contribution in [0.15, 0.2) is 0 Å². The Morgan fingerprint density at radius 3 is 2.00 bits per heavy atom. The molecule has 5 fully saturated rings. The molecule has 1 heterocycles. The van der Waals surface area contributed by atoms with Crippen molar-refractivity contribution in [1.29, 1.82) is 0 Å². The maximum absolute atomic E-state index is 2.80. The molecule has 0 N–H and O–H groups in total. The molecule has 0 unspecified atom stereocenters. The lowest BCUT2D eigenvalue weighted by Crippen LogP contribution is -2.59. The molecule has 0 aromatic heterocycles. The number of hydrogen-bond acceptors (Lipinski definition) is 2. The van der Waals surface area contributed by atoms with Crippen LogP contribution in [0.1, 0.15) is 72.1 Å². The monoisotopic (exact) mass is 318 g/mol. The van der Waals surface area contributed by atoms with E-state index >= 15 is 0 Å². The van der Waals surface area contributed by atoms with Gasteiger partial charge in [-0.3, -0.25) is 4.90 Å². The largest absolute Gasteiger partial charge is 0.300 e. The highest BCUT2D eigenvalue weighted by molar-refractivity contribution is 5.02. The van der Waals surface area contributed by atoms with Gasteiger partial charge in [-0.05, 0) is 101 Å². The van der Waals surface area contributed by atoms with Crippen molar-refractivity contribution in [3.8, 4) is 0 Å². The second-order valence-electron chi connectivity index (χ2n) is 10.2. The highest BCUT2D eigenvalue weighted by Crippen LogP contribution is 2.61. The van der Waals surface area contributed by atoms with Crippen molar-refractivity contribution in [2.24, 2.45) is 23.2 Å². The molecule has 0 aromatic carbocycles. The molecule has 0 spiro atoms. The first kappa shape index (κ1) is 16.4. The van der Waals surface area contributed by atoms with Crippen LogP contribution < -0.4 is 0 Å². The molecule has 132 valence electrons. The first-order valence-corrected chi connectivity index (χ1v) is 10.5. The standard InChI is InChI=1S/C21H38N2/c1-4-6-23-9-8-22(16-20(23,2)3)7-5-21-13-17-10-18(14-21)12-19(11-17)15-21/h17-19H,4-16H2,1-3H3. The summed E-state index contributed by atoms with van der Waals surface area (Å²) in [4.78, 5) is 5.51. The van der Waals surface area contributed by atoms with Gasteiger partial charge >= 0.3 is 0 Å². The maximum Gasteiger partial charge on any atom is 0.0280 e. The van der Waals surface area contributed by atoms with Gasteiger partial charge in [0.15, 0.2) is 0 Å². The third-order valence-corrected chi connectivity index (χ3v) is 7.77. The van der Waals surface area contributed by atoms with Crippen molar-refractivity contribution >= 4 is 0 Å². The van der Waals surface area contributed by atoms with Crippen LogP contribution >= 0.6 is 0 Å². The zero-order valence-electron chi connectivity index (χ0n) is 15.8. The molecule has 4 aliphatic carbocycles. The summed E-state index contributed by atoms with van der Waals surface area (Å²) in [6, 6.07) is 0. The summed E-state index contributed by atoms with van der Waals surface area (Å²) >= 11 is 0. The minimum Gasteiger partial charge on any atom is -0.300 e. The van der Waals surface area contributed by atoms with E-state index < -0.39 is 0 Å². The van der Waals surface area contributed by atoms with Gasteiger partial charge in [0.2, 0.25) is 0 Å². The molecule has 4 bridgehead atoms. The van der Waals surface area contributed by atoms with E-state index in [0.717, 1.165) is 23.2 Å². The molecule has 2 heteroatoms. The molecular weight excluding hydrogens is 280 g/mol. The minimum absolute atomic E-state index is 0.371. The lowest BCUT2D eigenvalue weighted by atomic mass is 9.49. The molecule has 0 aromatic rings. The van der Waals surface area contributed by atoms with Gasteiger partial charge in [0.05, 0.1) is 0 Å².